The van der Waals surface area contributed by atoms with Crippen LogP contribution in [-0.2, 0) is 0 Å². The van der Waals surface area contributed by atoms with E-state index in [1.807, 2.05) is 11.3 Å². The van der Waals surface area contributed by atoms with Crippen molar-refractivity contribution in [3.8, 4) is 0 Å². The Hall–Kier alpha value is -2.62. The number of halogens is 1. The third kappa shape index (κ3) is 3.03. The third-order valence-corrected chi connectivity index (χ3v) is 6.33. The Morgan fingerprint density at radius 1 is 0.556 bits per heavy atom. The average Bonchev–Trinajstić information content (AvgIpc) is 3.07. The number of nitrogens with zero attached hydrogens (tertiary/aromatic N) is 1. The Morgan fingerprint density at radius 2 is 1.22 bits per heavy atom. The van der Waals surface area contributed by atoms with Crippen LogP contribution in [0.4, 0.5) is 17.1 Å². The summed E-state index contributed by atoms with van der Waals surface area (Å²) < 4.78 is 3.74. The molecule has 3 heteroatoms. The fourth-order valence-corrected chi connectivity index (χ4v) is 4.96. The molecule has 5 aromatic rings. The van der Waals surface area contributed by atoms with Gasteiger partial charge in [0, 0.05) is 41.7 Å². The molecule has 0 N–H and O–H groups in total. The molecule has 0 saturated heterocycles. The maximum Gasteiger partial charge on any atom is 0.0476 e. The Morgan fingerprint density at radius 3 is 1.89 bits per heavy atom. The Bertz CT molecular complexity index is 1190. The lowest BCUT2D eigenvalue weighted by molar-refractivity contribution is 1.29. The molecule has 0 fully saturated rings. The molecule has 1 aromatic heterocycles. The normalized spacial score (nSPS) is 11.1. The molecule has 0 aliphatic carbocycles. The van der Waals surface area contributed by atoms with Crippen LogP contribution >= 0.6 is 27.3 Å². The van der Waals surface area contributed by atoms with Crippen molar-refractivity contribution in [2.75, 3.05) is 4.90 Å². The van der Waals surface area contributed by atoms with Gasteiger partial charge in [-0.3, -0.25) is 0 Å². The highest BCUT2D eigenvalue weighted by molar-refractivity contribution is 9.10. The lowest BCUT2D eigenvalue weighted by Crippen LogP contribution is -2.09. The summed E-state index contributed by atoms with van der Waals surface area (Å²) >= 11 is 5.44. The summed E-state index contributed by atoms with van der Waals surface area (Å²) in [5.41, 5.74) is 3.49. The zero-order valence-corrected chi connectivity index (χ0v) is 16.9. The Balaban J connectivity index is 1.72. The molecule has 1 nitrogen and oxygen atoms in total. The fourth-order valence-electron chi connectivity index (χ4n) is 3.48. The van der Waals surface area contributed by atoms with Gasteiger partial charge in [-0.15, -0.1) is 11.3 Å². The second-order valence-electron chi connectivity index (χ2n) is 6.43. The zero-order valence-electron chi connectivity index (χ0n) is 14.5. The van der Waals surface area contributed by atoms with Gasteiger partial charge in [-0.2, -0.15) is 0 Å². The van der Waals surface area contributed by atoms with Gasteiger partial charge >= 0.3 is 0 Å². The molecule has 1 heterocycles. The van der Waals surface area contributed by atoms with E-state index >= 15 is 0 Å². The first-order valence-corrected chi connectivity index (χ1v) is 10.4. The predicted octanol–water partition coefficient (Wildman–Crippen LogP) is 8.29. The highest BCUT2D eigenvalue weighted by Crippen LogP contribution is 2.40. The number of rotatable bonds is 3. The van der Waals surface area contributed by atoms with Crippen LogP contribution < -0.4 is 4.90 Å². The number of hydrogen-bond donors (Lipinski definition) is 0. The maximum absolute atomic E-state index is 3.60. The summed E-state index contributed by atoms with van der Waals surface area (Å²) in [7, 11) is 0. The van der Waals surface area contributed by atoms with Gasteiger partial charge in [0.25, 0.3) is 0 Å². The van der Waals surface area contributed by atoms with Gasteiger partial charge < -0.3 is 4.90 Å². The number of para-hydroxylation sites is 2. The summed E-state index contributed by atoms with van der Waals surface area (Å²) in [6.07, 6.45) is 0. The molecule has 5 rings (SSSR count). The van der Waals surface area contributed by atoms with Crippen molar-refractivity contribution in [1.29, 1.82) is 0 Å². The molecular formula is C24H16BrNS. The van der Waals surface area contributed by atoms with Crippen LogP contribution in [0.5, 0.6) is 0 Å². The summed E-state index contributed by atoms with van der Waals surface area (Å²) in [4.78, 5) is 2.31. The lowest BCUT2D eigenvalue weighted by atomic mass is 10.1. The molecule has 4 aromatic carbocycles. The number of hydrogen-bond acceptors (Lipinski definition) is 2. The van der Waals surface area contributed by atoms with Gasteiger partial charge in [0.2, 0.25) is 0 Å². The minimum atomic E-state index is 1.12. The molecule has 0 unspecified atom stereocenters. The molecule has 0 amide bonds. The molecule has 130 valence electrons. The molecule has 0 atom stereocenters. The second-order valence-corrected chi connectivity index (χ2v) is 8.43. The Kier molecular flexibility index (Phi) is 4.19. The molecule has 0 aliphatic rings. The highest BCUT2D eigenvalue weighted by Gasteiger charge is 2.14. The molecule has 27 heavy (non-hydrogen) atoms. The highest BCUT2D eigenvalue weighted by atomic mass is 79.9. The molecule has 0 bridgehead atoms. The first-order valence-electron chi connectivity index (χ1n) is 8.82. The summed E-state index contributed by atoms with van der Waals surface area (Å²) in [5, 5.41) is 2.61. The summed E-state index contributed by atoms with van der Waals surface area (Å²) in [6, 6.07) is 34.3. The molecular weight excluding hydrogens is 414 g/mol. The number of fused-ring (bicyclic) bond motifs is 3. The van der Waals surface area contributed by atoms with Crippen LogP contribution in [0.2, 0.25) is 0 Å². The van der Waals surface area contributed by atoms with E-state index in [4.69, 9.17) is 0 Å². The second kappa shape index (κ2) is 6.84. The van der Waals surface area contributed by atoms with Gasteiger partial charge in [-0.25, -0.2) is 0 Å². The standard InChI is InChI=1S/C24H16BrNS/c25-17-11-14-23-22(15-17)21-13-12-20(16-24(21)27-23)26(18-7-3-1-4-8-18)19-9-5-2-6-10-19/h1-16H. The average molecular weight is 430 g/mol. The zero-order chi connectivity index (χ0) is 18.2. The topological polar surface area (TPSA) is 3.24 Å². The van der Waals surface area contributed by atoms with Crippen LogP contribution in [0.3, 0.4) is 0 Å². The van der Waals surface area contributed by atoms with E-state index in [1.54, 1.807) is 0 Å². The first-order chi connectivity index (χ1) is 13.3. The SMILES string of the molecule is Brc1ccc2sc3cc(N(c4ccccc4)c4ccccc4)ccc3c2c1. The number of thiophene rings is 1. The van der Waals surface area contributed by atoms with Crippen molar-refractivity contribution >= 4 is 64.5 Å². The monoisotopic (exact) mass is 429 g/mol. The van der Waals surface area contributed by atoms with E-state index in [-0.39, 0.29) is 0 Å². The Labute approximate surface area is 170 Å². The van der Waals surface area contributed by atoms with Gasteiger partial charge in [-0.05, 0) is 54.6 Å². The van der Waals surface area contributed by atoms with Gasteiger partial charge in [0.15, 0.2) is 0 Å². The van der Waals surface area contributed by atoms with E-state index in [2.05, 4.69) is 118 Å². The van der Waals surface area contributed by atoms with Crippen molar-refractivity contribution in [2.24, 2.45) is 0 Å². The number of anilines is 3. The molecule has 0 radical (unpaired) electrons. The van der Waals surface area contributed by atoms with Gasteiger partial charge in [0.05, 0.1) is 0 Å². The lowest BCUT2D eigenvalue weighted by Gasteiger charge is -2.25. The molecule has 0 saturated carbocycles. The van der Waals surface area contributed by atoms with E-state index in [0.29, 0.717) is 0 Å². The van der Waals surface area contributed by atoms with E-state index in [1.165, 1.54) is 25.9 Å². The maximum atomic E-state index is 3.60. The van der Waals surface area contributed by atoms with E-state index in [0.717, 1.165) is 15.8 Å². The van der Waals surface area contributed by atoms with Crippen molar-refractivity contribution < 1.29 is 0 Å². The predicted molar refractivity (Wildman–Crippen MR) is 122 cm³/mol. The summed E-state index contributed by atoms with van der Waals surface area (Å²) in [5.74, 6) is 0. The van der Waals surface area contributed by atoms with Crippen LogP contribution in [-0.4, -0.2) is 0 Å². The van der Waals surface area contributed by atoms with Crippen molar-refractivity contribution in [3.05, 3.63) is 102 Å². The van der Waals surface area contributed by atoms with Crippen molar-refractivity contribution in [2.45, 2.75) is 0 Å². The third-order valence-electron chi connectivity index (χ3n) is 4.70. The fraction of sp³-hybridized carbons (Fsp3) is 0. The van der Waals surface area contributed by atoms with Crippen molar-refractivity contribution in [1.82, 2.24) is 0 Å². The minimum absolute atomic E-state index is 1.12. The largest absolute Gasteiger partial charge is 0.310 e. The van der Waals surface area contributed by atoms with E-state index < -0.39 is 0 Å². The quantitative estimate of drug-likeness (QED) is 0.278. The number of benzene rings is 4. The van der Waals surface area contributed by atoms with Crippen LogP contribution in [0, 0.1) is 0 Å². The summed E-state index contributed by atoms with van der Waals surface area (Å²) in [6.45, 7) is 0. The smallest absolute Gasteiger partial charge is 0.0476 e. The molecule has 0 spiro atoms. The minimum Gasteiger partial charge on any atom is -0.310 e. The van der Waals surface area contributed by atoms with Crippen LogP contribution in [0.1, 0.15) is 0 Å². The van der Waals surface area contributed by atoms with Crippen LogP contribution in [0.25, 0.3) is 20.2 Å². The molecule has 0 aliphatic heterocycles. The van der Waals surface area contributed by atoms with Gasteiger partial charge in [0.1, 0.15) is 0 Å². The first kappa shape index (κ1) is 16.5. The van der Waals surface area contributed by atoms with E-state index in [9.17, 15) is 0 Å². The van der Waals surface area contributed by atoms with Crippen LogP contribution in [0.15, 0.2) is 102 Å². The van der Waals surface area contributed by atoms with Gasteiger partial charge in [-0.1, -0.05) is 58.4 Å². The van der Waals surface area contributed by atoms with Crippen molar-refractivity contribution in [3.63, 3.8) is 0 Å².